The van der Waals surface area contributed by atoms with Gasteiger partial charge in [0.2, 0.25) is 0 Å². The van der Waals surface area contributed by atoms with Crippen molar-refractivity contribution >= 4 is 5.91 Å². The lowest BCUT2D eigenvalue weighted by Gasteiger charge is -2.16. The summed E-state index contributed by atoms with van der Waals surface area (Å²) >= 11 is 0. The molecule has 94 valence electrons. The molecule has 1 atom stereocenters. The molecule has 0 saturated heterocycles. The van der Waals surface area contributed by atoms with Gasteiger partial charge in [0.1, 0.15) is 0 Å². The summed E-state index contributed by atoms with van der Waals surface area (Å²) in [6.45, 7) is 4.06. The zero-order valence-electron chi connectivity index (χ0n) is 10.2. The number of nitrogens with one attached hydrogen (secondary N) is 1. The van der Waals surface area contributed by atoms with E-state index in [0.717, 1.165) is 19.3 Å². The van der Waals surface area contributed by atoms with Crippen LogP contribution in [0.4, 0.5) is 0 Å². The Morgan fingerprint density at radius 1 is 1.35 bits per heavy atom. The van der Waals surface area contributed by atoms with Crippen molar-refractivity contribution in [1.82, 2.24) is 5.32 Å². The maximum atomic E-state index is 11.9. The topological polar surface area (TPSA) is 69.6 Å². The molecule has 0 saturated carbocycles. The summed E-state index contributed by atoms with van der Waals surface area (Å²) in [5.74, 6) is -0.990. The van der Waals surface area contributed by atoms with E-state index >= 15 is 0 Å². The predicted molar refractivity (Wildman–Crippen MR) is 66.2 cm³/mol. The summed E-state index contributed by atoms with van der Waals surface area (Å²) in [5.41, 5.74) is 0.111. The molecule has 1 aromatic carbocycles. The quantitative estimate of drug-likeness (QED) is 0.689. The van der Waals surface area contributed by atoms with Crippen LogP contribution in [0.2, 0.25) is 0 Å². The molecular formula is C13H19NO3. The molecule has 4 heteroatoms. The Labute approximate surface area is 101 Å². The Morgan fingerprint density at radius 3 is 2.65 bits per heavy atom. The highest BCUT2D eigenvalue weighted by Crippen LogP contribution is 2.28. The maximum Gasteiger partial charge on any atom is 0.255 e. The van der Waals surface area contributed by atoms with Gasteiger partial charge in [0, 0.05) is 6.04 Å². The van der Waals surface area contributed by atoms with Crippen LogP contribution in [-0.4, -0.2) is 22.2 Å². The van der Waals surface area contributed by atoms with Crippen LogP contribution in [0.1, 0.15) is 43.5 Å². The van der Waals surface area contributed by atoms with Crippen LogP contribution in [0.15, 0.2) is 18.2 Å². The summed E-state index contributed by atoms with van der Waals surface area (Å²) in [4.78, 5) is 11.9. The van der Waals surface area contributed by atoms with Crippen molar-refractivity contribution in [3.63, 3.8) is 0 Å². The lowest BCUT2D eigenvalue weighted by molar-refractivity contribution is 0.0930. The second-order valence-electron chi connectivity index (χ2n) is 4.04. The lowest BCUT2D eigenvalue weighted by Crippen LogP contribution is -2.34. The van der Waals surface area contributed by atoms with Gasteiger partial charge in [-0.05, 0) is 25.0 Å². The Hall–Kier alpha value is -1.71. The molecular weight excluding hydrogens is 218 g/mol. The SMILES string of the molecule is CCCC(CC)NC(=O)c1cccc(O)c1O. The van der Waals surface area contributed by atoms with Gasteiger partial charge in [-0.2, -0.15) is 0 Å². The summed E-state index contributed by atoms with van der Waals surface area (Å²) in [7, 11) is 0. The fraction of sp³-hybridized carbons (Fsp3) is 0.462. The first kappa shape index (κ1) is 13.4. The number of hydrogen-bond acceptors (Lipinski definition) is 3. The van der Waals surface area contributed by atoms with E-state index in [9.17, 15) is 15.0 Å². The molecule has 0 fully saturated rings. The fourth-order valence-electron chi connectivity index (χ4n) is 1.70. The molecule has 3 N–H and O–H groups in total. The number of carbonyl (C=O) groups is 1. The predicted octanol–water partition coefficient (Wildman–Crippen LogP) is 2.41. The van der Waals surface area contributed by atoms with Crippen LogP contribution in [0, 0.1) is 0 Å². The third-order valence-corrected chi connectivity index (χ3v) is 2.72. The van der Waals surface area contributed by atoms with Crippen molar-refractivity contribution < 1.29 is 15.0 Å². The first-order chi connectivity index (χ1) is 8.10. The Kier molecular flexibility index (Phi) is 4.82. The van der Waals surface area contributed by atoms with Crippen LogP contribution >= 0.6 is 0 Å². The minimum absolute atomic E-state index is 0.106. The highest BCUT2D eigenvalue weighted by Gasteiger charge is 2.16. The maximum absolute atomic E-state index is 11.9. The number of rotatable bonds is 5. The number of amides is 1. The van der Waals surface area contributed by atoms with Gasteiger partial charge in [-0.1, -0.05) is 26.3 Å². The molecule has 0 bridgehead atoms. The van der Waals surface area contributed by atoms with E-state index < -0.39 is 0 Å². The zero-order chi connectivity index (χ0) is 12.8. The third kappa shape index (κ3) is 3.37. The van der Waals surface area contributed by atoms with Crippen LogP contribution in [0.25, 0.3) is 0 Å². The van der Waals surface area contributed by atoms with Crippen molar-refractivity contribution in [1.29, 1.82) is 0 Å². The second kappa shape index (κ2) is 6.13. The Morgan fingerprint density at radius 2 is 2.06 bits per heavy atom. The van der Waals surface area contributed by atoms with E-state index in [4.69, 9.17) is 0 Å². The number of phenols is 2. The average molecular weight is 237 g/mol. The monoisotopic (exact) mass is 237 g/mol. The highest BCUT2D eigenvalue weighted by molar-refractivity contribution is 5.97. The van der Waals surface area contributed by atoms with Crippen LogP contribution in [0.5, 0.6) is 11.5 Å². The molecule has 0 aliphatic carbocycles. The highest BCUT2D eigenvalue weighted by atomic mass is 16.3. The molecule has 0 aliphatic rings. The van der Waals surface area contributed by atoms with Crippen molar-refractivity contribution in [3.05, 3.63) is 23.8 Å². The van der Waals surface area contributed by atoms with E-state index in [2.05, 4.69) is 12.2 Å². The van der Waals surface area contributed by atoms with Crippen LogP contribution in [-0.2, 0) is 0 Å². The van der Waals surface area contributed by atoms with Gasteiger partial charge in [0.25, 0.3) is 5.91 Å². The third-order valence-electron chi connectivity index (χ3n) is 2.72. The summed E-state index contributed by atoms with van der Waals surface area (Å²) in [6.07, 6.45) is 2.74. The first-order valence-electron chi connectivity index (χ1n) is 5.91. The molecule has 4 nitrogen and oxygen atoms in total. The Bertz CT molecular complexity index is 390. The summed E-state index contributed by atoms with van der Waals surface area (Å²) in [5, 5.41) is 21.7. The summed E-state index contributed by atoms with van der Waals surface area (Å²) in [6, 6.07) is 4.47. The van der Waals surface area contributed by atoms with E-state index in [1.54, 1.807) is 0 Å². The molecule has 0 aliphatic heterocycles. The van der Waals surface area contributed by atoms with E-state index in [-0.39, 0.29) is 29.0 Å². The standard InChI is InChI=1S/C13H19NO3/c1-3-6-9(4-2)14-13(17)10-7-5-8-11(15)12(10)16/h5,7-9,15-16H,3-4,6H2,1-2H3,(H,14,17). The van der Waals surface area contributed by atoms with Gasteiger partial charge in [0.15, 0.2) is 11.5 Å². The van der Waals surface area contributed by atoms with Crippen molar-refractivity contribution in [2.75, 3.05) is 0 Å². The molecule has 0 radical (unpaired) electrons. The number of aromatic hydroxyl groups is 2. The van der Waals surface area contributed by atoms with Crippen LogP contribution in [0.3, 0.4) is 0 Å². The van der Waals surface area contributed by atoms with Gasteiger partial charge >= 0.3 is 0 Å². The zero-order valence-corrected chi connectivity index (χ0v) is 10.2. The second-order valence-corrected chi connectivity index (χ2v) is 4.04. The average Bonchev–Trinajstić information content (AvgIpc) is 2.31. The fourth-order valence-corrected chi connectivity index (χ4v) is 1.70. The number of phenolic OH excluding ortho intramolecular Hbond substituents is 2. The van der Waals surface area contributed by atoms with Crippen molar-refractivity contribution in [3.8, 4) is 11.5 Å². The molecule has 17 heavy (non-hydrogen) atoms. The molecule has 1 rings (SSSR count). The molecule has 1 unspecified atom stereocenters. The molecule has 1 amide bonds. The minimum atomic E-state index is -0.364. The van der Waals surface area contributed by atoms with Gasteiger partial charge in [-0.15, -0.1) is 0 Å². The number of para-hydroxylation sites is 1. The van der Waals surface area contributed by atoms with Gasteiger partial charge in [-0.25, -0.2) is 0 Å². The van der Waals surface area contributed by atoms with Gasteiger partial charge < -0.3 is 15.5 Å². The molecule has 0 aromatic heterocycles. The Balaban J connectivity index is 2.79. The van der Waals surface area contributed by atoms with Gasteiger partial charge in [0.05, 0.1) is 5.56 Å². The largest absolute Gasteiger partial charge is 0.504 e. The molecule has 0 spiro atoms. The van der Waals surface area contributed by atoms with Crippen molar-refractivity contribution in [2.24, 2.45) is 0 Å². The molecule has 0 heterocycles. The molecule has 1 aromatic rings. The van der Waals surface area contributed by atoms with Crippen LogP contribution < -0.4 is 5.32 Å². The first-order valence-corrected chi connectivity index (χ1v) is 5.91. The lowest BCUT2D eigenvalue weighted by atomic mass is 10.1. The normalized spacial score (nSPS) is 12.1. The number of hydrogen-bond donors (Lipinski definition) is 3. The van der Waals surface area contributed by atoms with Gasteiger partial charge in [-0.3, -0.25) is 4.79 Å². The van der Waals surface area contributed by atoms with E-state index in [1.807, 2.05) is 6.92 Å². The minimum Gasteiger partial charge on any atom is -0.504 e. The summed E-state index contributed by atoms with van der Waals surface area (Å²) < 4.78 is 0. The number of benzene rings is 1. The number of carbonyl (C=O) groups excluding carboxylic acids is 1. The van der Waals surface area contributed by atoms with Crippen molar-refractivity contribution in [2.45, 2.75) is 39.2 Å². The smallest absolute Gasteiger partial charge is 0.255 e. The van der Waals surface area contributed by atoms with E-state index in [1.165, 1.54) is 18.2 Å². The van der Waals surface area contributed by atoms with E-state index in [0.29, 0.717) is 0 Å².